The number of rotatable bonds is 5. The van der Waals surface area contributed by atoms with E-state index in [1.807, 2.05) is 0 Å². The lowest BCUT2D eigenvalue weighted by molar-refractivity contribution is -0.128. The standard InChI is InChI=1S/C14H17NO4/c1-10-7-13(16)15(9-10)5-6-19-12-4-2-3-11(8-12)14(17)18/h2-4,8,10H,5-7,9H2,1H3,(H,17,18). The largest absolute Gasteiger partial charge is 0.492 e. The first-order valence-electron chi connectivity index (χ1n) is 6.30. The number of aromatic carboxylic acids is 1. The number of carboxylic acids is 1. The molecule has 102 valence electrons. The molecule has 19 heavy (non-hydrogen) atoms. The number of amides is 1. The zero-order valence-corrected chi connectivity index (χ0v) is 10.8. The molecule has 1 saturated heterocycles. The van der Waals surface area contributed by atoms with E-state index in [-0.39, 0.29) is 11.5 Å². The van der Waals surface area contributed by atoms with Crippen molar-refractivity contribution in [1.82, 2.24) is 4.90 Å². The Labute approximate surface area is 111 Å². The molecule has 0 aliphatic carbocycles. The quantitative estimate of drug-likeness (QED) is 0.876. The van der Waals surface area contributed by atoms with Gasteiger partial charge >= 0.3 is 5.97 Å². The predicted octanol–water partition coefficient (Wildman–Crippen LogP) is 1.63. The Balaban J connectivity index is 1.84. The second kappa shape index (κ2) is 5.73. The highest BCUT2D eigenvalue weighted by Gasteiger charge is 2.25. The summed E-state index contributed by atoms with van der Waals surface area (Å²) >= 11 is 0. The molecular formula is C14H17NO4. The maximum atomic E-state index is 11.6. The summed E-state index contributed by atoms with van der Waals surface area (Å²) in [5.74, 6) is 0.104. The van der Waals surface area contributed by atoms with Crippen LogP contribution >= 0.6 is 0 Å². The van der Waals surface area contributed by atoms with Crippen molar-refractivity contribution in [2.45, 2.75) is 13.3 Å². The minimum absolute atomic E-state index is 0.162. The molecule has 1 aliphatic rings. The summed E-state index contributed by atoms with van der Waals surface area (Å²) < 4.78 is 5.49. The van der Waals surface area contributed by atoms with Gasteiger partial charge in [0.1, 0.15) is 12.4 Å². The van der Waals surface area contributed by atoms with Crippen LogP contribution in [0.4, 0.5) is 0 Å². The summed E-state index contributed by atoms with van der Waals surface area (Å²) in [4.78, 5) is 24.2. The average molecular weight is 263 g/mol. The van der Waals surface area contributed by atoms with Crippen LogP contribution in [0.1, 0.15) is 23.7 Å². The van der Waals surface area contributed by atoms with Gasteiger partial charge in [-0.05, 0) is 24.1 Å². The predicted molar refractivity (Wildman–Crippen MR) is 69.3 cm³/mol. The Hall–Kier alpha value is -2.04. The Morgan fingerprint density at radius 3 is 2.95 bits per heavy atom. The highest BCUT2D eigenvalue weighted by Crippen LogP contribution is 2.17. The highest BCUT2D eigenvalue weighted by molar-refractivity contribution is 5.88. The maximum absolute atomic E-state index is 11.6. The number of carbonyl (C=O) groups excluding carboxylic acids is 1. The van der Waals surface area contributed by atoms with Crippen LogP contribution in [0.15, 0.2) is 24.3 Å². The summed E-state index contributed by atoms with van der Waals surface area (Å²) in [6.45, 7) is 3.74. The molecule has 1 heterocycles. The maximum Gasteiger partial charge on any atom is 0.335 e. The molecule has 1 amide bonds. The summed E-state index contributed by atoms with van der Waals surface area (Å²) in [6, 6.07) is 6.35. The fraction of sp³-hybridized carbons (Fsp3) is 0.429. The molecule has 1 atom stereocenters. The topological polar surface area (TPSA) is 66.8 Å². The van der Waals surface area contributed by atoms with Crippen molar-refractivity contribution in [3.63, 3.8) is 0 Å². The average Bonchev–Trinajstić information content (AvgIpc) is 2.68. The Morgan fingerprint density at radius 2 is 2.32 bits per heavy atom. The van der Waals surface area contributed by atoms with Crippen molar-refractivity contribution in [3.8, 4) is 5.75 Å². The first kappa shape index (κ1) is 13.4. The molecule has 0 bridgehead atoms. The summed E-state index contributed by atoms with van der Waals surface area (Å²) in [7, 11) is 0. The summed E-state index contributed by atoms with van der Waals surface area (Å²) in [5.41, 5.74) is 0.198. The van der Waals surface area contributed by atoms with Crippen molar-refractivity contribution in [3.05, 3.63) is 29.8 Å². The van der Waals surface area contributed by atoms with Gasteiger partial charge in [0.2, 0.25) is 5.91 Å². The SMILES string of the molecule is CC1CC(=O)N(CCOc2cccc(C(=O)O)c2)C1. The van der Waals surface area contributed by atoms with Crippen LogP contribution in [-0.4, -0.2) is 41.6 Å². The van der Waals surface area contributed by atoms with Gasteiger partial charge in [-0.2, -0.15) is 0 Å². The minimum Gasteiger partial charge on any atom is -0.492 e. The van der Waals surface area contributed by atoms with Gasteiger partial charge in [-0.25, -0.2) is 4.79 Å². The van der Waals surface area contributed by atoms with Crippen LogP contribution in [0.25, 0.3) is 0 Å². The zero-order chi connectivity index (χ0) is 13.8. The van der Waals surface area contributed by atoms with Crippen LogP contribution in [0.3, 0.4) is 0 Å². The fourth-order valence-electron chi connectivity index (χ4n) is 2.18. The minimum atomic E-state index is -0.978. The van der Waals surface area contributed by atoms with E-state index in [2.05, 4.69) is 6.92 Å². The molecule has 0 spiro atoms. The number of ether oxygens (including phenoxy) is 1. The smallest absolute Gasteiger partial charge is 0.335 e. The van der Waals surface area contributed by atoms with E-state index in [0.29, 0.717) is 31.2 Å². The number of nitrogens with zero attached hydrogens (tertiary/aromatic N) is 1. The number of likely N-dealkylation sites (tertiary alicyclic amines) is 1. The molecule has 0 radical (unpaired) electrons. The van der Waals surface area contributed by atoms with E-state index < -0.39 is 5.97 Å². The first-order chi connectivity index (χ1) is 9.06. The first-order valence-corrected chi connectivity index (χ1v) is 6.30. The molecule has 1 unspecified atom stereocenters. The van der Waals surface area contributed by atoms with Crippen LogP contribution in [0.5, 0.6) is 5.75 Å². The van der Waals surface area contributed by atoms with Gasteiger partial charge in [0.15, 0.2) is 0 Å². The Kier molecular flexibility index (Phi) is 4.04. The summed E-state index contributed by atoms with van der Waals surface area (Å²) in [6.07, 6.45) is 0.606. The molecule has 2 rings (SSSR count). The monoisotopic (exact) mass is 263 g/mol. The third-order valence-electron chi connectivity index (χ3n) is 3.12. The van der Waals surface area contributed by atoms with Gasteiger partial charge in [-0.1, -0.05) is 13.0 Å². The van der Waals surface area contributed by atoms with Crippen molar-refractivity contribution >= 4 is 11.9 Å². The van der Waals surface area contributed by atoms with E-state index in [9.17, 15) is 9.59 Å². The van der Waals surface area contributed by atoms with E-state index in [0.717, 1.165) is 6.54 Å². The second-order valence-electron chi connectivity index (χ2n) is 4.83. The highest BCUT2D eigenvalue weighted by atomic mass is 16.5. The lowest BCUT2D eigenvalue weighted by atomic mass is 10.2. The third-order valence-corrected chi connectivity index (χ3v) is 3.12. The lowest BCUT2D eigenvalue weighted by Gasteiger charge is -2.16. The van der Waals surface area contributed by atoms with Gasteiger partial charge in [0.25, 0.3) is 0 Å². The molecule has 0 saturated carbocycles. The number of hydrogen-bond acceptors (Lipinski definition) is 3. The molecule has 1 N–H and O–H groups in total. The van der Waals surface area contributed by atoms with Crippen molar-refractivity contribution in [2.24, 2.45) is 5.92 Å². The number of carbonyl (C=O) groups is 2. The van der Waals surface area contributed by atoms with Crippen LogP contribution in [-0.2, 0) is 4.79 Å². The zero-order valence-electron chi connectivity index (χ0n) is 10.8. The Bertz CT molecular complexity index is 486. The van der Waals surface area contributed by atoms with E-state index >= 15 is 0 Å². The molecule has 5 heteroatoms. The van der Waals surface area contributed by atoms with Gasteiger partial charge in [-0.3, -0.25) is 4.79 Å². The van der Waals surface area contributed by atoms with Gasteiger partial charge in [0.05, 0.1) is 12.1 Å². The van der Waals surface area contributed by atoms with Crippen LogP contribution < -0.4 is 4.74 Å². The lowest BCUT2D eigenvalue weighted by Crippen LogP contribution is -2.29. The van der Waals surface area contributed by atoms with Crippen molar-refractivity contribution < 1.29 is 19.4 Å². The van der Waals surface area contributed by atoms with E-state index in [1.54, 1.807) is 17.0 Å². The molecule has 5 nitrogen and oxygen atoms in total. The number of carboxylic acid groups (broad SMARTS) is 1. The molecule has 1 aromatic rings. The summed E-state index contributed by atoms with van der Waals surface area (Å²) in [5, 5.41) is 8.86. The van der Waals surface area contributed by atoms with Gasteiger partial charge < -0.3 is 14.7 Å². The molecular weight excluding hydrogens is 246 g/mol. The van der Waals surface area contributed by atoms with Crippen LogP contribution in [0.2, 0.25) is 0 Å². The van der Waals surface area contributed by atoms with Crippen molar-refractivity contribution in [1.29, 1.82) is 0 Å². The number of benzene rings is 1. The van der Waals surface area contributed by atoms with E-state index in [1.165, 1.54) is 12.1 Å². The van der Waals surface area contributed by atoms with Crippen molar-refractivity contribution in [2.75, 3.05) is 19.7 Å². The third kappa shape index (κ3) is 3.47. The fourth-order valence-corrected chi connectivity index (χ4v) is 2.18. The second-order valence-corrected chi connectivity index (χ2v) is 4.83. The number of hydrogen-bond donors (Lipinski definition) is 1. The van der Waals surface area contributed by atoms with E-state index in [4.69, 9.17) is 9.84 Å². The van der Waals surface area contributed by atoms with Gasteiger partial charge in [-0.15, -0.1) is 0 Å². The normalized spacial score (nSPS) is 18.7. The van der Waals surface area contributed by atoms with Gasteiger partial charge in [0, 0.05) is 13.0 Å². The molecule has 1 fully saturated rings. The molecule has 1 aromatic carbocycles. The molecule has 1 aliphatic heterocycles. The Morgan fingerprint density at radius 1 is 1.53 bits per heavy atom. The van der Waals surface area contributed by atoms with Crippen LogP contribution in [0, 0.1) is 5.92 Å². The molecule has 0 aromatic heterocycles.